The van der Waals surface area contributed by atoms with E-state index in [1.54, 1.807) is 18.2 Å². The third kappa shape index (κ3) is 4.64. The monoisotopic (exact) mass is 458 g/mol. The molecule has 3 aromatic rings. The summed E-state index contributed by atoms with van der Waals surface area (Å²) in [5.41, 5.74) is 8.11. The van der Waals surface area contributed by atoms with Gasteiger partial charge in [0.25, 0.3) is 5.89 Å². The van der Waals surface area contributed by atoms with Crippen molar-refractivity contribution in [2.75, 3.05) is 5.73 Å². The first kappa shape index (κ1) is 22.3. The molecule has 0 spiro atoms. The predicted molar refractivity (Wildman–Crippen MR) is 118 cm³/mol. The highest BCUT2D eigenvalue weighted by molar-refractivity contribution is 7.89. The molecule has 0 radical (unpaired) electrons. The number of aromatic nitrogens is 4. The van der Waals surface area contributed by atoms with E-state index < -0.39 is 10.0 Å². The minimum Gasteiger partial charge on any atom is -0.419 e. The van der Waals surface area contributed by atoms with Crippen LogP contribution in [0.1, 0.15) is 44.1 Å². The van der Waals surface area contributed by atoms with Gasteiger partial charge in [0.1, 0.15) is 0 Å². The lowest BCUT2D eigenvalue weighted by atomic mass is 9.94. The first-order valence-electron chi connectivity index (χ1n) is 10.5. The number of nitrogens with one attached hydrogen (secondary N) is 1. The Bertz CT molecular complexity index is 1220. The second-order valence-corrected chi connectivity index (χ2v) is 9.66. The molecular weight excluding hydrogens is 432 g/mol. The fourth-order valence-electron chi connectivity index (χ4n) is 3.70. The molecule has 1 aromatic carbocycles. The van der Waals surface area contributed by atoms with Gasteiger partial charge in [-0.25, -0.2) is 23.1 Å². The van der Waals surface area contributed by atoms with Crippen molar-refractivity contribution in [3.63, 3.8) is 0 Å². The van der Waals surface area contributed by atoms with Crippen LogP contribution in [0.2, 0.25) is 0 Å². The van der Waals surface area contributed by atoms with Crippen molar-refractivity contribution in [2.45, 2.75) is 63.0 Å². The highest BCUT2D eigenvalue weighted by Crippen LogP contribution is 2.29. The van der Waals surface area contributed by atoms with Gasteiger partial charge < -0.3 is 15.3 Å². The van der Waals surface area contributed by atoms with E-state index in [0.29, 0.717) is 49.3 Å². The summed E-state index contributed by atoms with van der Waals surface area (Å²) in [4.78, 5) is 8.88. The maximum absolute atomic E-state index is 13.0. The molecule has 1 aliphatic rings. The van der Waals surface area contributed by atoms with Crippen molar-refractivity contribution < 1.29 is 17.9 Å². The molecule has 170 valence electrons. The lowest BCUT2D eigenvalue weighted by Gasteiger charge is -2.26. The van der Waals surface area contributed by atoms with Gasteiger partial charge >= 0.3 is 0 Å². The molecule has 0 bridgehead atoms. The van der Waals surface area contributed by atoms with Gasteiger partial charge in [-0.05, 0) is 50.3 Å². The molecule has 1 saturated carbocycles. The van der Waals surface area contributed by atoms with Gasteiger partial charge in [-0.1, -0.05) is 13.0 Å². The van der Waals surface area contributed by atoms with Crippen LogP contribution >= 0.6 is 0 Å². The summed E-state index contributed by atoms with van der Waals surface area (Å²) in [6, 6.07) is 4.68. The summed E-state index contributed by atoms with van der Waals surface area (Å²) < 4.78 is 34.3. The smallest absolute Gasteiger partial charge is 0.270 e. The van der Waals surface area contributed by atoms with Gasteiger partial charge in [-0.3, -0.25) is 0 Å². The highest BCUT2D eigenvalue weighted by atomic mass is 32.2. The molecule has 1 fully saturated rings. The first-order valence-corrected chi connectivity index (χ1v) is 12.0. The Morgan fingerprint density at radius 3 is 2.66 bits per heavy atom. The number of nitrogens with two attached hydrogens (primary N) is 1. The van der Waals surface area contributed by atoms with Gasteiger partial charge in [0.05, 0.1) is 22.9 Å². The van der Waals surface area contributed by atoms with Crippen LogP contribution < -0.4 is 10.5 Å². The van der Waals surface area contributed by atoms with Crippen molar-refractivity contribution in [3.05, 3.63) is 35.9 Å². The van der Waals surface area contributed by atoms with Gasteiger partial charge in [-0.2, -0.15) is 0 Å². The number of aliphatic hydroxyl groups is 1. The van der Waals surface area contributed by atoms with Gasteiger partial charge in [-0.15, -0.1) is 10.2 Å². The summed E-state index contributed by atoms with van der Waals surface area (Å²) >= 11 is 0. The number of rotatable bonds is 6. The number of benzene rings is 1. The van der Waals surface area contributed by atoms with Crippen molar-refractivity contribution in [2.24, 2.45) is 0 Å². The van der Waals surface area contributed by atoms with Crippen LogP contribution in [0, 0.1) is 6.92 Å². The normalized spacial score (nSPS) is 19.2. The molecule has 0 aliphatic heterocycles. The molecule has 2 heterocycles. The lowest BCUT2D eigenvalue weighted by molar-refractivity contribution is 0.120. The molecule has 32 heavy (non-hydrogen) atoms. The Hall–Kier alpha value is -2.89. The van der Waals surface area contributed by atoms with Crippen LogP contribution in [0.25, 0.3) is 22.8 Å². The molecule has 11 heteroatoms. The number of nitrogens with zero attached hydrogens (tertiary/aromatic N) is 4. The maximum atomic E-state index is 13.0. The van der Waals surface area contributed by atoms with Crippen molar-refractivity contribution in [1.82, 2.24) is 24.9 Å². The molecule has 0 atom stereocenters. The SMILES string of the molecule is CCc1nnc(-c2nc(-c3cc(S(=O)(=O)N[C@H]4CC[C@H](O)CC4)ccc3C)cnc2N)o1. The van der Waals surface area contributed by atoms with Gasteiger partial charge in [0.15, 0.2) is 11.5 Å². The fourth-order valence-corrected chi connectivity index (χ4v) is 5.03. The number of sulfonamides is 1. The molecule has 0 saturated heterocycles. The third-order valence-corrected chi connectivity index (χ3v) is 7.10. The van der Waals surface area contributed by atoms with Crippen LogP contribution in [0.15, 0.2) is 33.7 Å². The van der Waals surface area contributed by atoms with E-state index in [2.05, 4.69) is 24.9 Å². The molecule has 1 aliphatic carbocycles. The first-order chi connectivity index (χ1) is 15.3. The summed E-state index contributed by atoms with van der Waals surface area (Å²) in [6.45, 7) is 3.75. The topological polar surface area (TPSA) is 157 Å². The van der Waals surface area contributed by atoms with Gasteiger partial charge in [0.2, 0.25) is 15.9 Å². The number of aliphatic hydroxyl groups excluding tert-OH is 1. The average Bonchev–Trinajstić information content (AvgIpc) is 3.25. The van der Waals surface area contributed by atoms with E-state index in [4.69, 9.17) is 10.2 Å². The van der Waals surface area contributed by atoms with Crippen molar-refractivity contribution >= 4 is 15.8 Å². The Labute approximate surface area is 186 Å². The van der Waals surface area contributed by atoms with E-state index in [9.17, 15) is 13.5 Å². The van der Waals surface area contributed by atoms with E-state index in [0.717, 1.165) is 5.56 Å². The molecule has 0 amide bonds. The minimum atomic E-state index is -3.74. The predicted octanol–water partition coefficient (Wildman–Crippen LogP) is 2.23. The zero-order chi connectivity index (χ0) is 22.9. The van der Waals surface area contributed by atoms with Crippen LogP contribution in [0.4, 0.5) is 5.82 Å². The minimum absolute atomic E-state index is 0.135. The highest BCUT2D eigenvalue weighted by Gasteiger charge is 2.25. The molecule has 10 nitrogen and oxygen atoms in total. The van der Waals surface area contributed by atoms with Crippen LogP contribution in [-0.4, -0.2) is 45.8 Å². The second kappa shape index (κ2) is 8.93. The Morgan fingerprint density at radius 1 is 1.22 bits per heavy atom. The third-order valence-electron chi connectivity index (χ3n) is 5.59. The molecule has 4 N–H and O–H groups in total. The maximum Gasteiger partial charge on any atom is 0.270 e. The van der Waals surface area contributed by atoms with E-state index >= 15 is 0 Å². The lowest BCUT2D eigenvalue weighted by Crippen LogP contribution is -2.38. The number of hydrogen-bond donors (Lipinski definition) is 3. The summed E-state index contributed by atoms with van der Waals surface area (Å²) in [6.07, 6.45) is 4.10. The van der Waals surface area contributed by atoms with E-state index in [1.807, 2.05) is 13.8 Å². The van der Waals surface area contributed by atoms with E-state index in [-0.39, 0.29) is 34.4 Å². The zero-order valence-electron chi connectivity index (χ0n) is 17.9. The van der Waals surface area contributed by atoms with Crippen LogP contribution in [0.5, 0.6) is 0 Å². The molecular formula is C21H26N6O4S. The number of anilines is 1. The molecule has 4 rings (SSSR count). The quantitative estimate of drug-likeness (QED) is 0.504. The number of aryl methyl sites for hydroxylation is 2. The van der Waals surface area contributed by atoms with Crippen molar-refractivity contribution in [3.8, 4) is 22.8 Å². The standard InChI is InChI=1S/C21H26N6O4S/c1-3-18-25-26-21(31-18)19-20(22)23-11-17(24-19)16-10-15(9-4-12(16)2)32(29,30)27-13-5-7-14(28)8-6-13/h4,9-11,13-14,27-28H,3,5-8H2,1-2H3,(H2,22,23)/t13-,14-. The van der Waals surface area contributed by atoms with Crippen LogP contribution in [0.3, 0.4) is 0 Å². The summed E-state index contributed by atoms with van der Waals surface area (Å²) in [7, 11) is -3.74. The second-order valence-electron chi connectivity index (χ2n) is 7.95. The van der Waals surface area contributed by atoms with Crippen LogP contribution in [-0.2, 0) is 16.4 Å². The fraction of sp³-hybridized carbons (Fsp3) is 0.429. The Balaban J connectivity index is 1.66. The molecule has 2 aromatic heterocycles. The Kier molecular flexibility index (Phi) is 6.22. The van der Waals surface area contributed by atoms with E-state index in [1.165, 1.54) is 6.20 Å². The largest absolute Gasteiger partial charge is 0.419 e. The zero-order valence-corrected chi connectivity index (χ0v) is 18.8. The van der Waals surface area contributed by atoms with Gasteiger partial charge in [0, 0.05) is 18.0 Å². The summed E-state index contributed by atoms with van der Waals surface area (Å²) in [5, 5.41) is 17.6. The molecule has 0 unspecified atom stereocenters. The Morgan fingerprint density at radius 2 is 1.97 bits per heavy atom. The average molecular weight is 459 g/mol. The van der Waals surface area contributed by atoms with Crippen molar-refractivity contribution in [1.29, 1.82) is 0 Å². The number of hydrogen-bond acceptors (Lipinski definition) is 9. The number of nitrogen functional groups attached to an aromatic ring is 1. The summed E-state index contributed by atoms with van der Waals surface area (Å²) in [5.74, 6) is 0.760.